The van der Waals surface area contributed by atoms with Crippen molar-refractivity contribution in [3.05, 3.63) is 24.3 Å². The number of carbonyl (C=O) groups is 1. The van der Waals surface area contributed by atoms with E-state index in [4.69, 9.17) is 23.7 Å². The average Bonchev–Trinajstić information content (AvgIpc) is 2.96. The summed E-state index contributed by atoms with van der Waals surface area (Å²) in [6.45, 7) is 4.09. The van der Waals surface area contributed by atoms with E-state index in [1.165, 1.54) is 0 Å². The van der Waals surface area contributed by atoms with Gasteiger partial charge in [0.1, 0.15) is 24.0 Å². The van der Waals surface area contributed by atoms with Crippen LogP contribution in [0.1, 0.15) is 13.8 Å². The van der Waals surface area contributed by atoms with E-state index in [0.29, 0.717) is 24.7 Å². The lowest BCUT2D eigenvalue weighted by Gasteiger charge is -2.53. The molecule has 0 spiro atoms. The van der Waals surface area contributed by atoms with Gasteiger partial charge in [-0.05, 0) is 38.1 Å². The number of β-lactam (4-membered cyclic amide) rings is 1. The SMILES string of the molecule is COC[C@@H]1OC(C)([C@@H]2[C@@H]([C@@H](C)O)C(=O)N2c2ccc(OC)cc2)O[C@H]1COC. The molecule has 2 aliphatic heterocycles. The second-order valence-corrected chi connectivity index (χ2v) is 7.36. The summed E-state index contributed by atoms with van der Waals surface area (Å²) < 4.78 is 28.2. The van der Waals surface area contributed by atoms with Crippen molar-refractivity contribution >= 4 is 11.6 Å². The first-order valence-corrected chi connectivity index (χ1v) is 9.35. The zero-order chi connectivity index (χ0) is 20.5. The summed E-state index contributed by atoms with van der Waals surface area (Å²) in [5.41, 5.74) is 0.694. The van der Waals surface area contributed by atoms with Gasteiger partial charge in [-0.3, -0.25) is 4.79 Å². The van der Waals surface area contributed by atoms with Crippen LogP contribution >= 0.6 is 0 Å². The second kappa shape index (κ2) is 8.34. The van der Waals surface area contributed by atoms with Crippen LogP contribution in [0.5, 0.6) is 5.75 Å². The predicted octanol–water partition coefficient (Wildman–Crippen LogP) is 1.20. The Bertz CT molecular complexity index is 664. The summed E-state index contributed by atoms with van der Waals surface area (Å²) >= 11 is 0. The zero-order valence-corrected chi connectivity index (χ0v) is 17.0. The van der Waals surface area contributed by atoms with Crippen molar-refractivity contribution in [2.45, 2.75) is 44.0 Å². The zero-order valence-electron chi connectivity index (χ0n) is 17.0. The summed E-state index contributed by atoms with van der Waals surface area (Å²) in [5, 5.41) is 10.2. The molecule has 0 radical (unpaired) electrons. The third kappa shape index (κ3) is 3.62. The summed E-state index contributed by atoms with van der Waals surface area (Å²) in [6, 6.07) is 6.69. The fourth-order valence-electron chi connectivity index (χ4n) is 4.10. The van der Waals surface area contributed by atoms with E-state index >= 15 is 0 Å². The van der Waals surface area contributed by atoms with Gasteiger partial charge in [0.05, 0.1) is 32.3 Å². The van der Waals surface area contributed by atoms with Gasteiger partial charge < -0.3 is 33.7 Å². The maximum Gasteiger partial charge on any atom is 0.235 e. The Morgan fingerprint density at radius 2 is 1.64 bits per heavy atom. The molecule has 0 saturated carbocycles. The Labute approximate surface area is 165 Å². The Hall–Kier alpha value is -1.71. The number of carbonyl (C=O) groups excluding carboxylic acids is 1. The molecule has 2 fully saturated rings. The lowest BCUT2D eigenvalue weighted by Crippen LogP contribution is -2.72. The number of anilines is 1. The molecule has 1 aromatic rings. The first-order valence-electron chi connectivity index (χ1n) is 9.35. The number of ether oxygens (including phenoxy) is 5. The number of hydrogen-bond donors (Lipinski definition) is 1. The number of benzene rings is 1. The summed E-state index contributed by atoms with van der Waals surface area (Å²) in [7, 11) is 4.78. The summed E-state index contributed by atoms with van der Waals surface area (Å²) in [4.78, 5) is 14.5. The van der Waals surface area contributed by atoms with Crippen LogP contribution in [0.2, 0.25) is 0 Å². The van der Waals surface area contributed by atoms with E-state index in [0.717, 1.165) is 0 Å². The molecule has 1 N–H and O–H groups in total. The second-order valence-electron chi connectivity index (χ2n) is 7.36. The summed E-state index contributed by atoms with van der Waals surface area (Å²) in [6.07, 6.45) is -1.51. The lowest BCUT2D eigenvalue weighted by atomic mass is 9.78. The minimum atomic E-state index is -1.11. The Morgan fingerprint density at radius 1 is 1.11 bits per heavy atom. The highest BCUT2D eigenvalue weighted by molar-refractivity contribution is 6.03. The molecular formula is C20H29NO7. The standard InChI is InChI=1S/C20H29NO7/c1-12(22)17-18(20(2)27-15(10-24-3)16(28-20)11-25-4)21(19(17)23)13-6-8-14(26-5)9-7-13/h6-9,12,15-18,22H,10-11H2,1-5H3/t12-,15+,16+,17-,18+/m1/s1. The van der Waals surface area contributed by atoms with E-state index in [1.807, 2.05) is 0 Å². The number of methoxy groups -OCH3 is 3. The number of nitrogens with zero attached hydrogens (tertiary/aromatic N) is 1. The van der Waals surface area contributed by atoms with Gasteiger partial charge in [-0.25, -0.2) is 0 Å². The quantitative estimate of drug-likeness (QED) is 0.662. The first kappa shape index (κ1) is 21.0. The highest BCUT2D eigenvalue weighted by Gasteiger charge is 2.63. The van der Waals surface area contributed by atoms with Crippen molar-refractivity contribution in [3.8, 4) is 5.75 Å². The van der Waals surface area contributed by atoms with Crippen molar-refractivity contribution < 1.29 is 33.6 Å². The van der Waals surface area contributed by atoms with Crippen molar-refractivity contribution in [1.82, 2.24) is 0 Å². The molecule has 1 aromatic carbocycles. The van der Waals surface area contributed by atoms with Gasteiger partial charge in [0.15, 0.2) is 5.79 Å². The highest BCUT2D eigenvalue weighted by Crippen LogP contribution is 2.46. The third-order valence-electron chi connectivity index (χ3n) is 5.40. The van der Waals surface area contributed by atoms with E-state index < -0.39 is 23.9 Å². The van der Waals surface area contributed by atoms with Crippen LogP contribution in [-0.2, 0) is 23.7 Å². The number of aliphatic hydroxyl groups excluding tert-OH is 1. The molecule has 28 heavy (non-hydrogen) atoms. The van der Waals surface area contributed by atoms with Crippen LogP contribution in [0.15, 0.2) is 24.3 Å². The molecule has 3 rings (SSSR count). The van der Waals surface area contributed by atoms with Crippen molar-refractivity contribution in [2.75, 3.05) is 39.4 Å². The van der Waals surface area contributed by atoms with Crippen LogP contribution in [0.25, 0.3) is 0 Å². The fourth-order valence-corrected chi connectivity index (χ4v) is 4.10. The van der Waals surface area contributed by atoms with Crippen molar-refractivity contribution in [1.29, 1.82) is 0 Å². The van der Waals surface area contributed by atoms with E-state index in [-0.39, 0.29) is 18.1 Å². The highest BCUT2D eigenvalue weighted by atomic mass is 16.8. The van der Waals surface area contributed by atoms with E-state index in [1.54, 1.807) is 64.3 Å². The van der Waals surface area contributed by atoms with E-state index in [2.05, 4.69) is 0 Å². The monoisotopic (exact) mass is 395 g/mol. The molecule has 1 amide bonds. The van der Waals surface area contributed by atoms with Gasteiger partial charge >= 0.3 is 0 Å². The third-order valence-corrected chi connectivity index (χ3v) is 5.40. The normalized spacial score (nSPS) is 30.2. The minimum absolute atomic E-state index is 0.169. The average molecular weight is 395 g/mol. The molecule has 2 aliphatic rings. The molecule has 0 aromatic heterocycles. The minimum Gasteiger partial charge on any atom is -0.497 e. The van der Waals surface area contributed by atoms with E-state index in [9.17, 15) is 9.90 Å². The number of rotatable bonds is 8. The van der Waals surface area contributed by atoms with Crippen LogP contribution in [-0.4, -0.2) is 75.7 Å². The van der Waals surface area contributed by atoms with Gasteiger partial charge in [0, 0.05) is 19.9 Å². The largest absolute Gasteiger partial charge is 0.497 e. The van der Waals surface area contributed by atoms with Gasteiger partial charge in [0.25, 0.3) is 0 Å². The molecule has 2 heterocycles. The number of hydrogen-bond acceptors (Lipinski definition) is 7. The topological polar surface area (TPSA) is 86.7 Å². The molecule has 5 atom stereocenters. The van der Waals surface area contributed by atoms with Gasteiger partial charge in [-0.15, -0.1) is 0 Å². The van der Waals surface area contributed by atoms with Gasteiger partial charge in [0.2, 0.25) is 5.91 Å². The summed E-state index contributed by atoms with van der Waals surface area (Å²) in [5.74, 6) is -1.21. The molecule has 0 unspecified atom stereocenters. The maximum atomic E-state index is 12.9. The van der Waals surface area contributed by atoms with Crippen molar-refractivity contribution in [2.24, 2.45) is 5.92 Å². The lowest BCUT2D eigenvalue weighted by molar-refractivity contribution is -0.210. The predicted molar refractivity (Wildman–Crippen MR) is 101 cm³/mol. The molecular weight excluding hydrogens is 366 g/mol. The van der Waals surface area contributed by atoms with Crippen LogP contribution in [0.4, 0.5) is 5.69 Å². The molecule has 2 saturated heterocycles. The Morgan fingerprint density at radius 3 is 2.07 bits per heavy atom. The maximum absolute atomic E-state index is 12.9. The van der Waals surface area contributed by atoms with Crippen molar-refractivity contribution in [3.63, 3.8) is 0 Å². The van der Waals surface area contributed by atoms with Gasteiger partial charge in [-0.2, -0.15) is 0 Å². The molecule has 8 nitrogen and oxygen atoms in total. The Kier molecular flexibility index (Phi) is 6.26. The molecule has 156 valence electrons. The Balaban J connectivity index is 1.91. The molecule has 0 aliphatic carbocycles. The molecule has 8 heteroatoms. The molecule has 0 bridgehead atoms. The fraction of sp³-hybridized carbons (Fsp3) is 0.650. The van der Waals surface area contributed by atoms with Crippen LogP contribution < -0.4 is 9.64 Å². The number of amides is 1. The van der Waals surface area contributed by atoms with Crippen LogP contribution in [0.3, 0.4) is 0 Å². The van der Waals surface area contributed by atoms with Crippen LogP contribution in [0, 0.1) is 5.92 Å². The number of aliphatic hydroxyl groups is 1. The van der Waals surface area contributed by atoms with Gasteiger partial charge in [-0.1, -0.05) is 0 Å². The first-order chi connectivity index (χ1) is 13.4. The smallest absolute Gasteiger partial charge is 0.235 e.